The van der Waals surface area contributed by atoms with Crippen molar-refractivity contribution in [1.82, 2.24) is 0 Å². The summed E-state index contributed by atoms with van der Waals surface area (Å²) < 4.78 is 0. The summed E-state index contributed by atoms with van der Waals surface area (Å²) in [6.07, 6.45) is 0.896. The Kier molecular flexibility index (Phi) is 3.40. The number of carbonyl (C=O) groups excluding carboxylic acids is 2. The van der Waals surface area contributed by atoms with Crippen LogP contribution in [0.2, 0.25) is 0 Å². The molecule has 0 aliphatic heterocycles. The maximum absolute atomic E-state index is 10.7. The van der Waals surface area contributed by atoms with Gasteiger partial charge in [0.25, 0.3) is 0 Å². The highest BCUT2D eigenvalue weighted by atomic mass is 16.1. The molecule has 1 atom stereocenters. The number of nitrogens with one attached hydrogen (secondary N) is 1. The highest BCUT2D eigenvalue weighted by molar-refractivity contribution is 5.88. The molecule has 0 spiro atoms. The second-order valence-electron chi connectivity index (χ2n) is 3.23. The van der Waals surface area contributed by atoms with Crippen LogP contribution in [0.1, 0.15) is 25.3 Å². The molecule has 0 bridgehead atoms. The first kappa shape index (κ1) is 10.4. The normalized spacial score (nSPS) is 11.9. The van der Waals surface area contributed by atoms with Crippen LogP contribution in [0.25, 0.3) is 0 Å². The maximum atomic E-state index is 10.7. The summed E-state index contributed by atoms with van der Waals surface area (Å²) in [4.78, 5) is 21.2. The summed E-state index contributed by atoms with van der Waals surface area (Å²) >= 11 is 0. The van der Waals surface area contributed by atoms with Crippen LogP contribution in [0.5, 0.6) is 0 Å². The molecule has 3 nitrogen and oxygen atoms in total. The van der Waals surface area contributed by atoms with Gasteiger partial charge in [-0.3, -0.25) is 4.79 Å². The summed E-state index contributed by atoms with van der Waals surface area (Å²) in [6.45, 7) is 3.29. The molecule has 1 aromatic rings. The highest BCUT2D eigenvalue weighted by Crippen LogP contribution is 2.15. The Balaban J connectivity index is 2.78. The first-order valence-electron chi connectivity index (χ1n) is 4.46. The molecule has 0 aliphatic carbocycles. The van der Waals surface area contributed by atoms with E-state index in [0.717, 1.165) is 17.5 Å². The van der Waals surface area contributed by atoms with Gasteiger partial charge in [0.2, 0.25) is 5.91 Å². The number of rotatable bonds is 3. The second-order valence-corrected chi connectivity index (χ2v) is 3.23. The Bertz CT molecular complexity index is 330. The van der Waals surface area contributed by atoms with E-state index in [1.54, 1.807) is 12.1 Å². The maximum Gasteiger partial charge on any atom is 0.221 e. The summed E-state index contributed by atoms with van der Waals surface area (Å²) in [6, 6.07) is 7.25. The third kappa shape index (κ3) is 2.69. The van der Waals surface area contributed by atoms with E-state index in [4.69, 9.17) is 0 Å². The van der Waals surface area contributed by atoms with Gasteiger partial charge in [0.15, 0.2) is 0 Å². The van der Waals surface area contributed by atoms with E-state index in [1.165, 1.54) is 6.92 Å². The molecule has 0 radical (unpaired) electrons. The van der Waals surface area contributed by atoms with Crippen molar-refractivity contribution in [3.63, 3.8) is 0 Å². The van der Waals surface area contributed by atoms with Gasteiger partial charge in [-0.05, 0) is 17.7 Å². The molecule has 0 saturated carbocycles. The van der Waals surface area contributed by atoms with E-state index in [2.05, 4.69) is 5.32 Å². The van der Waals surface area contributed by atoms with Crippen LogP contribution in [0.3, 0.4) is 0 Å². The molecule has 74 valence electrons. The van der Waals surface area contributed by atoms with E-state index in [-0.39, 0.29) is 11.8 Å². The average molecular weight is 191 g/mol. The second kappa shape index (κ2) is 4.56. The quantitative estimate of drug-likeness (QED) is 0.742. The number of amides is 1. The van der Waals surface area contributed by atoms with Crippen LogP contribution in [0.4, 0.5) is 5.69 Å². The van der Waals surface area contributed by atoms with Gasteiger partial charge >= 0.3 is 0 Å². The molecule has 1 rings (SSSR count). The first-order chi connectivity index (χ1) is 6.63. The van der Waals surface area contributed by atoms with Crippen molar-refractivity contribution < 1.29 is 9.59 Å². The van der Waals surface area contributed by atoms with Crippen molar-refractivity contribution in [3.05, 3.63) is 29.8 Å². The molecule has 0 aliphatic rings. The summed E-state index contributed by atoms with van der Waals surface area (Å²) in [5, 5.41) is 2.66. The van der Waals surface area contributed by atoms with Gasteiger partial charge in [0.05, 0.1) is 0 Å². The molecule has 1 unspecified atom stereocenters. The number of hydrogen-bond acceptors (Lipinski definition) is 2. The SMILES string of the molecule is CC(=O)Nc1ccc(C(C)C=O)cc1. The van der Waals surface area contributed by atoms with Gasteiger partial charge in [0, 0.05) is 18.5 Å². The minimum absolute atomic E-state index is 0.0959. The topological polar surface area (TPSA) is 46.2 Å². The molecule has 3 heteroatoms. The Morgan fingerprint density at radius 2 is 1.93 bits per heavy atom. The van der Waals surface area contributed by atoms with Crippen LogP contribution in [-0.2, 0) is 9.59 Å². The fourth-order valence-corrected chi connectivity index (χ4v) is 1.15. The Labute approximate surface area is 83.1 Å². The van der Waals surface area contributed by atoms with E-state index in [1.807, 2.05) is 19.1 Å². The number of carbonyl (C=O) groups is 2. The third-order valence-corrected chi connectivity index (χ3v) is 1.96. The Morgan fingerprint density at radius 3 is 2.36 bits per heavy atom. The predicted octanol–water partition coefficient (Wildman–Crippen LogP) is 1.95. The van der Waals surface area contributed by atoms with Crippen LogP contribution >= 0.6 is 0 Å². The fraction of sp³-hybridized carbons (Fsp3) is 0.273. The van der Waals surface area contributed by atoms with E-state index in [0.29, 0.717) is 0 Å². The molecule has 0 aromatic heterocycles. The molecule has 0 heterocycles. The predicted molar refractivity (Wildman–Crippen MR) is 55.2 cm³/mol. The lowest BCUT2D eigenvalue weighted by atomic mass is 10.0. The number of anilines is 1. The number of benzene rings is 1. The van der Waals surface area contributed by atoms with E-state index in [9.17, 15) is 9.59 Å². The minimum atomic E-state index is -0.0961. The van der Waals surface area contributed by atoms with Crippen molar-refractivity contribution in [1.29, 1.82) is 0 Å². The van der Waals surface area contributed by atoms with Crippen molar-refractivity contribution in [2.45, 2.75) is 19.8 Å². The largest absolute Gasteiger partial charge is 0.326 e. The zero-order valence-corrected chi connectivity index (χ0v) is 8.28. The van der Waals surface area contributed by atoms with E-state index < -0.39 is 0 Å². The van der Waals surface area contributed by atoms with Crippen molar-refractivity contribution >= 4 is 17.9 Å². The van der Waals surface area contributed by atoms with Crippen molar-refractivity contribution in [2.75, 3.05) is 5.32 Å². The van der Waals surface area contributed by atoms with Crippen molar-refractivity contribution in [3.8, 4) is 0 Å². The molecule has 0 saturated heterocycles. The van der Waals surface area contributed by atoms with Gasteiger partial charge in [-0.15, -0.1) is 0 Å². The number of aldehydes is 1. The van der Waals surface area contributed by atoms with Gasteiger partial charge in [-0.1, -0.05) is 19.1 Å². The highest BCUT2D eigenvalue weighted by Gasteiger charge is 2.03. The lowest BCUT2D eigenvalue weighted by Crippen LogP contribution is -2.05. The van der Waals surface area contributed by atoms with Gasteiger partial charge in [-0.25, -0.2) is 0 Å². The zero-order chi connectivity index (χ0) is 10.6. The Hall–Kier alpha value is -1.64. The summed E-state index contributed by atoms with van der Waals surface area (Å²) in [5.74, 6) is -0.192. The lowest BCUT2D eigenvalue weighted by Gasteiger charge is -2.05. The average Bonchev–Trinajstić information content (AvgIpc) is 2.17. The molecular formula is C11H13NO2. The monoisotopic (exact) mass is 191 g/mol. The summed E-state index contributed by atoms with van der Waals surface area (Å²) in [7, 11) is 0. The van der Waals surface area contributed by atoms with E-state index >= 15 is 0 Å². The first-order valence-corrected chi connectivity index (χ1v) is 4.46. The number of hydrogen-bond donors (Lipinski definition) is 1. The zero-order valence-electron chi connectivity index (χ0n) is 8.28. The molecule has 1 amide bonds. The molecule has 0 fully saturated rings. The van der Waals surface area contributed by atoms with Crippen LogP contribution in [0, 0.1) is 0 Å². The molecule has 14 heavy (non-hydrogen) atoms. The molecular weight excluding hydrogens is 178 g/mol. The standard InChI is InChI=1S/C11H13NO2/c1-8(7-13)10-3-5-11(6-4-10)12-9(2)14/h3-8H,1-2H3,(H,12,14). The van der Waals surface area contributed by atoms with Crippen LogP contribution in [-0.4, -0.2) is 12.2 Å². The van der Waals surface area contributed by atoms with Gasteiger partial charge < -0.3 is 10.1 Å². The minimum Gasteiger partial charge on any atom is -0.326 e. The van der Waals surface area contributed by atoms with Crippen LogP contribution < -0.4 is 5.32 Å². The molecule has 1 aromatic carbocycles. The van der Waals surface area contributed by atoms with Crippen LogP contribution in [0.15, 0.2) is 24.3 Å². The van der Waals surface area contributed by atoms with Gasteiger partial charge in [0.1, 0.15) is 6.29 Å². The lowest BCUT2D eigenvalue weighted by molar-refractivity contribution is -0.114. The smallest absolute Gasteiger partial charge is 0.221 e. The third-order valence-electron chi connectivity index (χ3n) is 1.96. The van der Waals surface area contributed by atoms with Gasteiger partial charge in [-0.2, -0.15) is 0 Å². The fourth-order valence-electron chi connectivity index (χ4n) is 1.15. The summed E-state index contributed by atoms with van der Waals surface area (Å²) in [5.41, 5.74) is 1.70. The molecule has 1 N–H and O–H groups in total. The van der Waals surface area contributed by atoms with Crippen molar-refractivity contribution in [2.24, 2.45) is 0 Å². The Morgan fingerprint density at radius 1 is 1.36 bits per heavy atom.